The Morgan fingerprint density at radius 3 is 2.43 bits per heavy atom. The minimum Gasteiger partial charge on any atom is -0.387 e. The molecule has 0 bridgehead atoms. The largest absolute Gasteiger partial charge is 0.387 e. The van der Waals surface area contributed by atoms with E-state index >= 15 is 0 Å². The maximum atomic E-state index is 13.7. The van der Waals surface area contributed by atoms with Crippen molar-refractivity contribution in [2.24, 2.45) is 11.1 Å². The lowest BCUT2D eigenvalue weighted by Crippen LogP contribution is -2.47. The summed E-state index contributed by atoms with van der Waals surface area (Å²) >= 11 is 0. The van der Waals surface area contributed by atoms with Crippen LogP contribution in [0.5, 0.6) is 0 Å². The summed E-state index contributed by atoms with van der Waals surface area (Å²) in [5, 5.41) is 7.53. The molecule has 3 N–H and O–H groups in total. The van der Waals surface area contributed by atoms with Crippen LogP contribution in [0.15, 0.2) is 23.1 Å². The van der Waals surface area contributed by atoms with Crippen LogP contribution in [0.3, 0.4) is 0 Å². The lowest BCUT2D eigenvalue weighted by molar-refractivity contribution is 0.240. The molecule has 8 heteroatoms. The molecule has 1 saturated heterocycles. The number of nitrogens with two attached hydrogens (primary N) is 1. The lowest BCUT2D eigenvalue weighted by atomic mass is 9.80. The molecule has 0 radical (unpaired) electrons. The van der Waals surface area contributed by atoms with E-state index in [-0.39, 0.29) is 18.9 Å². The number of rotatable bonds is 3. The highest BCUT2D eigenvalue weighted by atomic mass is 32.2. The first kappa shape index (κ1) is 15.8. The maximum Gasteiger partial charge on any atom is 0.246 e. The Hall–Kier alpha value is -1.54. The molecule has 1 aromatic rings. The highest BCUT2D eigenvalue weighted by molar-refractivity contribution is 7.89. The first-order chi connectivity index (χ1) is 9.67. The molecular formula is C13H17F2N3O2S. The number of benzene rings is 1. The van der Waals surface area contributed by atoms with Gasteiger partial charge in [0, 0.05) is 18.5 Å². The summed E-state index contributed by atoms with van der Waals surface area (Å²) < 4.78 is 52.7. The molecule has 0 aliphatic carbocycles. The second-order valence-electron chi connectivity index (χ2n) is 5.45. The molecule has 1 aliphatic rings. The van der Waals surface area contributed by atoms with Gasteiger partial charge < -0.3 is 5.73 Å². The standard InChI is InChI=1S/C13H17F2N3O2S/c1-13(12(16)17)4-6-18(7-5-13)21(19,20)11-8-9(14)2-3-10(11)15/h2-3,8H,4-7H2,1H3,(H3,16,17). The Kier molecular flexibility index (Phi) is 4.03. The van der Waals surface area contributed by atoms with Gasteiger partial charge in [-0.05, 0) is 31.0 Å². The van der Waals surface area contributed by atoms with Gasteiger partial charge in [0.05, 0.1) is 5.84 Å². The molecule has 0 amide bonds. The van der Waals surface area contributed by atoms with Gasteiger partial charge in [-0.2, -0.15) is 4.31 Å². The van der Waals surface area contributed by atoms with E-state index < -0.39 is 32.0 Å². The predicted molar refractivity (Wildman–Crippen MR) is 74.4 cm³/mol. The van der Waals surface area contributed by atoms with Crippen LogP contribution in [0.25, 0.3) is 0 Å². The Morgan fingerprint density at radius 1 is 1.33 bits per heavy atom. The fourth-order valence-corrected chi connectivity index (χ4v) is 3.82. The van der Waals surface area contributed by atoms with E-state index in [1.807, 2.05) is 0 Å². The Morgan fingerprint density at radius 2 is 1.90 bits per heavy atom. The first-order valence-corrected chi connectivity index (χ1v) is 7.90. The van der Waals surface area contributed by atoms with E-state index in [4.69, 9.17) is 11.1 Å². The monoisotopic (exact) mass is 317 g/mol. The summed E-state index contributed by atoms with van der Waals surface area (Å²) in [5.74, 6) is -1.77. The van der Waals surface area contributed by atoms with Crippen molar-refractivity contribution in [1.29, 1.82) is 5.41 Å². The lowest BCUT2D eigenvalue weighted by Gasteiger charge is -2.37. The van der Waals surface area contributed by atoms with Gasteiger partial charge in [-0.3, -0.25) is 5.41 Å². The van der Waals surface area contributed by atoms with Crippen molar-refractivity contribution in [2.75, 3.05) is 13.1 Å². The van der Waals surface area contributed by atoms with Crippen LogP contribution in [-0.2, 0) is 10.0 Å². The van der Waals surface area contributed by atoms with Crippen LogP contribution in [-0.4, -0.2) is 31.6 Å². The molecule has 0 aromatic heterocycles. The van der Waals surface area contributed by atoms with Gasteiger partial charge in [-0.25, -0.2) is 17.2 Å². The van der Waals surface area contributed by atoms with Crippen molar-refractivity contribution in [2.45, 2.75) is 24.7 Å². The number of sulfonamides is 1. The predicted octanol–water partition coefficient (Wildman–Crippen LogP) is 1.69. The molecule has 1 aliphatic heterocycles. The Balaban J connectivity index is 2.27. The Labute approximate surface area is 122 Å². The number of hydrogen-bond donors (Lipinski definition) is 2. The third-order valence-electron chi connectivity index (χ3n) is 3.99. The number of hydrogen-bond acceptors (Lipinski definition) is 3. The minimum absolute atomic E-state index is 0.0106. The summed E-state index contributed by atoms with van der Waals surface area (Å²) in [6.45, 7) is 2.03. The number of piperidine rings is 1. The smallest absolute Gasteiger partial charge is 0.246 e. The fourth-order valence-electron chi connectivity index (χ4n) is 2.30. The highest BCUT2D eigenvalue weighted by Gasteiger charge is 2.38. The van der Waals surface area contributed by atoms with Crippen molar-refractivity contribution in [3.63, 3.8) is 0 Å². The Bertz CT molecular complexity index is 668. The van der Waals surface area contributed by atoms with Crippen molar-refractivity contribution in [3.8, 4) is 0 Å². The molecule has 21 heavy (non-hydrogen) atoms. The van der Waals surface area contributed by atoms with Crippen LogP contribution in [0.1, 0.15) is 19.8 Å². The second kappa shape index (κ2) is 5.34. The molecule has 0 atom stereocenters. The minimum atomic E-state index is -4.08. The average Bonchev–Trinajstić information content (AvgIpc) is 2.41. The van der Waals surface area contributed by atoms with Crippen LogP contribution in [0, 0.1) is 22.5 Å². The zero-order valence-electron chi connectivity index (χ0n) is 11.6. The highest BCUT2D eigenvalue weighted by Crippen LogP contribution is 2.33. The topological polar surface area (TPSA) is 87.2 Å². The average molecular weight is 317 g/mol. The van der Waals surface area contributed by atoms with Crippen LogP contribution < -0.4 is 5.73 Å². The van der Waals surface area contributed by atoms with Crippen LogP contribution >= 0.6 is 0 Å². The second-order valence-corrected chi connectivity index (χ2v) is 7.36. The van der Waals surface area contributed by atoms with Crippen molar-refractivity contribution < 1.29 is 17.2 Å². The molecule has 2 rings (SSSR count). The van der Waals surface area contributed by atoms with Gasteiger partial charge in [0.1, 0.15) is 16.5 Å². The molecule has 0 saturated carbocycles. The molecular weight excluding hydrogens is 300 g/mol. The van der Waals surface area contributed by atoms with E-state index in [1.54, 1.807) is 6.92 Å². The zero-order chi connectivity index (χ0) is 15.8. The molecule has 5 nitrogen and oxygen atoms in total. The maximum absolute atomic E-state index is 13.7. The summed E-state index contributed by atoms with van der Waals surface area (Å²) in [5.41, 5.74) is 4.97. The van der Waals surface area contributed by atoms with Gasteiger partial charge in [0.25, 0.3) is 0 Å². The zero-order valence-corrected chi connectivity index (χ0v) is 12.4. The molecule has 1 fully saturated rings. The molecule has 0 spiro atoms. The number of amidine groups is 1. The third-order valence-corrected chi connectivity index (χ3v) is 5.90. The molecule has 0 unspecified atom stereocenters. The van der Waals surface area contributed by atoms with Crippen molar-refractivity contribution in [1.82, 2.24) is 4.31 Å². The van der Waals surface area contributed by atoms with E-state index in [9.17, 15) is 17.2 Å². The summed E-state index contributed by atoms with van der Waals surface area (Å²) in [6.07, 6.45) is 0.747. The summed E-state index contributed by atoms with van der Waals surface area (Å²) in [7, 11) is -4.08. The quantitative estimate of drug-likeness (QED) is 0.657. The van der Waals surface area contributed by atoms with Gasteiger partial charge in [0.15, 0.2) is 0 Å². The van der Waals surface area contributed by atoms with Gasteiger partial charge in [-0.15, -0.1) is 0 Å². The number of halogens is 2. The third kappa shape index (κ3) is 2.91. The van der Waals surface area contributed by atoms with E-state index in [0.29, 0.717) is 18.9 Å². The van der Waals surface area contributed by atoms with E-state index in [2.05, 4.69) is 0 Å². The van der Waals surface area contributed by atoms with Crippen LogP contribution in [0.2, 0.25) is 0 Å². The van der Waals surface area contributed by atoms with Crippen molar-refractivity contribution in [3.05, 3.63) is 29.8 Å². The van der Waals surface area contributed by atoms with Gasteiger partial charge in [0.2, 0.25) is 10.0 Å². The van der Waals surface area contributed by atoms with Crippen molar-refractivity contribution >= 4 is 15.9 Å². The molecule has 1 heterocycles. The number of nitrogens with one attached hydrogen (secondary N) is 1. The molecule has 1 aromatic carbocycles. The van der Waals surface area contributed by atoms with E-state index in [0.717, 1.165) is 16.4 Å². The van der Waals surface area contributed by atoms with Gasteiger partial charge >= 0.3 is 0 Å². The summed E-state index contributed by atoms with van der Waals surface area (Å²) in [6, 6.07) is 2.35. The number of nitrogens with zero attached hydrogens (tertiary/aromatic N) is 1. The normalized spacial score (nSPS) is 19.4. The fraction of sp³-hybridized carbons (Fsp3) is 0.462. The summed E-state index contributed by atoms with van der Waals surface area (Å²) in [4.78, 5) is -0.658. The van der Waals surface area contributed by atoms with Gasteiger partial charge in [-0.1, -0.05) is 6.92 Å². The van der Waals surface area contributed by atoms with Crippen LogP contribution in [0.4, 0.5) is 8.78 Å². The first-order valence-electron chi connectivity index (χ1n) is 6.46. The SMILES string of the molecule is CC1(C(=N)N)CCN(S(=O)(=O)c2cc(F)ccc2F)CC1. The molecule has 116 valence electrons. The van der Waals surface area contributed by atoms with E-state index in [1.165, 1.54) is 0 Å².